The predicted octanol–water partition coefficient (Wildman–Crippen LogP) is 3.47. The summed E-state index contributed by atoms with van der Waals surface area (Å²) >= 11 is 0. The van der Waals surface area contributed by atoms with Crippen LogP contribution < -0.4 is 0 Å². The number of aliphatic hydroxyl groups excluding tert-OH is 1. The second kappa shape index (κ2) is 7.61. The second-order valence-corrected chi connectivity index (χ2v) is 5.68. The predicted molar refractivity (Wildman–Crippen MR) is 77.5 cm³/mol. The van der Waals surface area contributed by atoms with E-state index in [-0.39, 0.29) is 11.7 Å². The van der Waals surface area contributed by atoms with Crippen LogP contribution in [0.5, 0.6) is 0 Å². The summed E-state index contributed by atoms with van der Waals surface area (Å²) in [4.78, 5) is 2.21. The van der Waals surface area contributed by atoms with Crippen molar-refractivity contribution < 1.29 is 9.50 Å². The van der Waals surface area contributed by atoms with Crippen LogP contribution in [0.4, 0.5) is 4.39 Å². The maximum absolute atomic E-state index is 13.6. The molecule has 1 aromatic carbocycles. The van der Waals surface area contributed by atoms with Crippen molar-refractivity contribution >= 4 is 0 Å². The van der Waals surface area contributed by atoms with Gasteiger partial charge in [0.1, 0.15) is 5.82 Å². The Hall–Kier alpha value is -0.930. The molecule has 3 atom stereocenters. The molecular weight excluding hydrogens is 241 g/mol. The van der Waals surface area contributed by atoms with Gasteiger partial charge in [-0.25, -0.2) is 4.39 Å². The van der Waals surface area contributed by atoms with Crippen LogP contribution in [0.1, 0.15) is 38.9 Å². The molecule has 0 heterocycles. The minimum atomic E-state index is -0.749. The number of hydrogen-bond acceptors (Lipinski definition) is 2. The van der Waals surface area contributed by atoms with Gasteiger partial charge < -0.3 is 10.0 Å². The summed E-state index contributed by atoms with van der Waals surface area (Å²) in [5, 5.41) is 10.2. The zero-order valence-corrected chi connectivity index (χ0v) is 12.4. The van der Waals surface area contributed by atoms with Crippen LogP contribution >= 0.6 is 0 Å². The summed E-state index contributed by atoms with van der Waals surface area (Å²) < 4.78 is 13.6. The Kier molecular flexibility index (Phi) is 6.46. The molecule has 19 heavy (non-hydrogen) atoms. The Bertz CT molecular complexity index is 383. The van der Waals surface area contributed by atoms with Crippen molar-refractivity contribution in [1.29, 1.82) is 0 Å². The van der Waals surface area contributed by atoms with E-state index in [4.69, 9.17) is 0 Å². The van der Waals surface area contributed by atoms with Gasteiger partial charge in [-0.3, -0.25) is 0 Å². The van der Waals surface area contributed by atoms with E-state index in [1.165, 1.54) is 6.07 Å². The van der Waals surface area contributed by atoms with Gasteiger partial charge in [0.05, 0.1) is 6.10 Å². The summed E-state index contributed by atoms with van der Waals surface area (Å²) in [6, 6.07) is 6.46. The van der Waals surface area contributed by atoms with Crippen LogP contribution in [0.25, 0.3) is 0 Å². The van der Waals surface area contributed by atoms with E-state index < -0.39 is 6.10 Å². The average Bonchev–Trinajstić information content (AvgIpc) is 2.38. The number of rotatable bonds is 7. The fraction of sp³-hybridized carbons (Fsp3) is 0.625. The van der Waals surface area contributed by atoms with Crippen molar-refractivity contribution in [2.24, 2.45) is 11.8 Å². The first-order valence-corrected chi connectivity index (χ1v) is 7.06. The van der Waals surface area contributed by atoms with Gasteiger partial charge in [0.2, 0.25) is 0 Å². The number of hydrogen-bond donors (Lipinski definition) is 1. The standard InChI is InChI=1S/C16H26FNO/c1-5-12(2)10-18(4)11-13(3)16(19)14-8-6-7-9-15(14)17/h6-9,12-13,16,19H,5,10-11H2,1-4H3. The van der Waals surface area contributed by atoms with E-state index in [1.54, 1.807) is 18.2 Å². The van der Waals surface area contributed by atoms with Crippen molar-refractivity contribution in [1.82, 2.24) is 4.90 Å². The molecule has 0 saturated carbocycles. The third-order valence-electron chi connectivity index (χ3n) is 3.68. The highest BCUT2D eigenvalue weighted by molar-refractivity contribution is 5.20. The maximum Gasteiger partial charge on any atom is 0.129 e. The molecule has 1 rings (SSSR count). The highest BCUT2D eigenvalue weighted by atomic mass is 19.1. The van der Waals surface area contributed by atoms with Crippen LogP contribution in [0, 0.1) is 17.7 Å². The molecule has 0 aliphatic carbocycles. The largest absolute Gasteiger partial charge is 0.388 e. The molecular formula is C16H26FNO. The van der Waals surface area contributed by atoms with Gasteiger partial charge in [0.25, 0.3) is 0 Å². The fourth-order valence-corrected chi connectivity index (χ4v) is 2.35. The SMILES string of the molecule is CCC(C)CN(C)CC(C)C(O)c1ccccc1F. The summed E-state index contributed by atoms with van der Waals surface area (Å²) in [6.07, 6.45) is 0.398. The number of aliphatic hydroxyl groups is 1. The molecule has 0 aromatic heterocycles. The minimum absolute atomic E-state index is 0.00551. The average molecular weight is 267 g/mol. The molecule has 0 amide bonds. The van der Waals surface area contributed by atoms with Crippen molar-refractivity contribution in [3.05, 3.63) is 35.6 Å². The molecule has 0 aliphatic heterocycles. The first-order chi connectivity index (χ1) is 8.95. The molecule has 3 heteroatoms. The molecule has 1 aromatic rings. The number of nitrogens with zero attached hydrogens (tertiary/aromatic N) is 1. The molecule has 1 N–H and O–H groups in total. The Morgan fingerprint density at radius 3 is 2.42 bits per heavy atom. The lowest BCUT2D eigenvalue weighted by Gasteiger charge is -2.27. The lowest BCUT2D eigenvalue weighted by molar-refractivity contribution is 0.0883. The van der Waals surface area contributed by atoms with Gasteiger partial charge in [-0.1, -0.05) is 45.4 Å². The van der Waals surface area contributed by atoms with Gasteiger partial charge in [-0.15, -0.1) is 0 Å². The first-order valence-electron chi connectivity index (χ1n) is 7.06. The second-order valence-electron chi connectivity index (χ2n) is 5.68. The smallest absolute Gasteiger partial charge is 0.129 e. The van der Waals surface area contributed by atoms with Crippen molar-refractivity contribution in [2.45, 2.75) is 33.3 Å². The zero-order chi connectivity index (χ0) is 14.4. The van der Waals surface area contributed by atoms with Crippen molar-refractivity contribution in [2.75, 3.05) is 20.1 Å². The molecule has 0 radical (unpaired) electrons. The minimum Gasteiger partial charge on any atom is -0.388 e. The van der Waals surface area contributed by atoms with E-state index in [1.807, 2.05) is 6.92 Å². The van der Waals surface area contributed by atoms with Gasteiger partial charge in [-0.2, -0.15) is 0 Å². The van der Waals surface area contributed by atoms with E-state index in [2.05, 4.69) is 25.8 Å². The zero-order valence-electron chi connectivity index (χ0n) is 12.4. The van der Waals surface area contributed by atoms with Gasteiger partial charge in [0.15, 0.2) is 0 Å². The highest BCUT2D eigenvalue weighted by Gasteiger charge is 2.21. The Morgan fingerprint density at radius 1 is 1.21 bits per heavy atom. The molecule has 0 bridgehead atoms. The lowest BCUT2D eigenvalue weighted by atomic mass is 9.96. The topological polar surface area (TPSA) is 23.5 Å². The highest BCUT2D eigenvalue weighted by Crippen LogP contribution is 2.24. The number of benzene rings is 1. The Labute approximate surface area is 116 Å². The molecule has 108 valence electrons. The quantitative estimate of drug-likeness (QED) is 0.817. The van der Waals surface area contributed by atoms with Gasteiger partial charge >= 0.3 is 0 Å². The van der Waals surface area contributed by atoms with Gasteiger partial charge in [-0.05, 0) is 24.9 Å². The van der Waals surface area contributed by atoms with Crippen molar-refractivity contribution in [3.63, 3.8) is 0 Å². The number of halogens is 1. The third kappa shape index (κ3) is 4.92. The lowest BCUT2D eigenvalue weighted by Crippen LogP contribution is -2.31. The summed E-state index contributed by atoms with van der Waals surface area (Å²) in [5.41, 5.74) is 0.395. The summed E-state index contributed by atoms with van der Waals surface area (Å²) in [7, 11) is 2.05. The van der Waals surface area contributed by atoms with Crippen molar-refractivity contribution in [3.8, 4) is 0 Å². The molecule has 0 spiro atoms. The normalized spacial score (nSPS) is 16.4. The van der Waals surface area contributed by atoms with E-state index in [0.29, 0.717) is 11.5 Å². The van der Waals surface area contributed by atoms with Crippen LogP contribution in [-0.4, -0.2) is 30.1 Å². The van der Waals surface area contributed by atoms with E-state index in [0.717, 1.165) is 19.5 Å². The Morgan fingerprint density at radius 2 is 1.84 bits per heavy atom. The van der Waals surface area contributed by atoms with E-state index in [9.17, 15) is 9.50 Å². The summed E-state index contributed by atoms with van der Waals surface area (Å²) in [6.45, 7) is 8.12. The molecule has 0 saturated heterocycles. The molecule has 0 fully saturated rings. The van der Waals surface area contributed by atoms with E-state index >= 15 is 0 Å². The molecule has 3 unspecified atom stereocenters. The summed E-state index contributed by atoms with van der Waals surface area (Å²) in [5.74, 6) is 0.320. The van der Waals surface area contributed by atoms with Crippen LogP contribution in [0.2, 0.25) is 0 Å². The molecule has 2 nitrogen and oxygen atoms in total. The van der Waals surface area contributed by atoms with Crippen LogP contribution in [0.15, 0.2) is 24.3 Å². The fourth-order valence-electron chi connectivity index (χ4n) is 2.35. The monoisotopic (exact) mass is 267 g/mol. The van der Waals surface area contributed by atoms with Gasteiger partial charge in [0, 0.05) is 18.7 Å². The Balaban J connectivity index is 2.58. The first kappa shape index (κ1) is 16.1. The molecule has 0 aliphatic rings. The van der Waals surface area contributed by atoms with Crippen LogP contribution in [0.3, 0.4) is 0 Å². The maximum atomic E-state index is 13.6. The van der Waals surface area contributed by atoms with Crippen LogP contribution in [-0.2, 0) is 0 Å². The third-order valence-corrected chi connectivity index (χ3v) is 3.68.